The van der Waals surface area contributed by atoms with Crippen LogP contribution in [-0.4, -0.2) is 23.7 Å². The molecule has 3 amide bonds. The van der Waals surface area contributed by atoms with Gasteiger partial charge in [0.05, 0.1) is 10.6 Å². The van der Waals surface area contributed by atoms with Crippen molar-refractivity contribution in [3.05, 3.63) is 29.1 Å². The molecule has 0 heterocycles. The predicted octanol–water partition coefficient (Wildman–Crippen LogP) is 3.63. The third-order valence-corrected chi connectivity index (χ3v) is 4.76. The molecule has 0 saturated heterocycles. The molecule has 1 fully saturated rings. The number of hydrogen-bond donors (Lipinski definition) is 2. The number of carbonyl (C=O) groups excluding carboxylic acids is 2. The average molecular weight is 382 g/mol. The van der Waals surface area contributed by atoms with Crippen LogP contribution < -0.4 is 10.6 Å². The molecule has 1 aromatic rings. The zero-order chi connectivity index (χ0) is 18.6. The minimum atomic E-state index is -2.27. The summed E-state index contributed by atoms with van der Waals surface area (Å²) in [4.78, 5) is 22.1. The highest BCUT2D eigenvalue weighted by Crippen LogP contribution is 2.30. The van der Waals surface area contributed by atoms with Crippen molar-refractivity contribution in [3.8, 4) is 0 Å². The van der Waals surface area contributed by atoms with Gasteiger partial charge in [0.2, 0.25) is 11.7 Å². The molecule has 0 atom stereocenters. The van der Waals surface area contributed by atoms with Crippen LogP contribution in [0.2, 0.25) is 0 Å². The van der Waals surface area contributed by atoms with E-state index in [9.17, 15) is 31.5 Å². The third-order valence-electron chi connectivity index (χ3n) is 3.71. The second kappa shape index (κ2) is 8.50. The lowest BCUT2D eigenvalue weighted by Gasteiger charge is -2.22. The van der Waals surface area contributed by atoms with Gasteiger partial charge >= 0.3 is 6.03 Å². The summed E-state index contributed by atoms with van der Waals surface area (Å²) in [5.74, 6) is -12.1. The highest BCUT2D eigenvalue weighted by molar-refractivity contribution is 8.00. The molecule has 0 unspecified atom stereocenters. The smallest absolute Gasteiger partial charge is 0.321 e. The van der Waals surface area contributed by atoms with Crippen molar-refractivity contribution in [1.29, 1.82) is 0 Å². The Bertz CT molecular complexity index is 651. The molecule has 1 aromatic carbocycles. The fourth-order valence-corrected chi connectivity index (χ4v) is 3.26. The van der Waals surface area contributed by atoms with Gasteiger partial charge in [-0.25, -0.2) is 26.7 Å². The zero-order valence-corrected chi connectivity index (χ0v) is 13.8. The Hall–Kier alpha value is -1.84. The highest BCUT2D eigenvalue weighted by Gasteiger charge is 2.26. The molecule has 138 valence electrons. The summed E-state index contributed by atoms with van der Waals surface area (Å²) >= 11 is 0.118. The topological polar surface area (TPSA) is 58.2 Å². The minimum absolute atomic E-state index is 0.0515. The highest BCUT2D eigenvalue weighted by atomic mass is 32.2. The van der Waals surface area contributed by atoms with Gasteiger partial charge in [0.25, 0.3) is 0 Å². The first kappa shape index (κ1) is 19.5. The number of halogens is 5. The summed E-state index contributed by atoms with van der Waals surface area (Å²) in [5, 5.41) is 4.56. The summed E-state index contributed by atoms with van der Waals surface area (Å²) in [6.07, 6.45) is 4.60. The van der Waals surface area contributed by atoms with Gasteiger partial charge in [0.15, 0.2) is 23.3 Å². The van der Waals surface area contributed by atoms with Gasteiger partial charge in [-0.15, -0.1) is 11.8 Å². The molecule has 0 radical (unpaired) electrons. The summed E-state index contributed by atoms with van der Waals surface area (Å²) < 4.78 is 66.0. The molecule has 0 spiro atoms. The van der Waals surface area contributed by atoms with E-state index in [-0.39, 0.29) is 17.8 Å². The molecule has 2 rings (SSSR count). The van der Waals surface area contributed by atoms with Crippen molar-refractivity contribution in [2.24, 2.45) is 0 Å². The number of urea groups is 1. The maximum atomic E-state index is 13.5. The summed E-state index contributed by atoms with van der Waals surface area (Å²) in [5.41, 5.74) is 0. The van der Waals surface area contributed by atoms with E-state index in [0.29, 0.717) is 0 Å². The molecule has 4 nitrogen and oxygen atoms in total. The van der Waals surface area contributed by atoms with Crippen LogP contribution in [-0.2, 0) is 4.79 Å². The average Bonchev–Trinajstić information content (AvgIpc) is 2.59. The number of amides is 3. The number of hydrogen-bond acceptors (Lipinski definition) is 3. The van der Waals surface area contributed by atoms with Crippen LogP contribution in [0.15, 0.2) is 4.90 Å². The first-order valence-corrected chi connectivity index (χ1v) is 8.54. The van der Waals surface area contributed by atoms with Crippen LogP contribution >= 0.6 is 11.8 Å². The Morgan fingerprint density at radius 2 is 1.40 bits per heavy atom. The van der Waals surface area contributed by atoms with Crippen LogP contribution in [0.25, 0.3) is 0 Å². The van der Waals surface area contributed by atoms with Crippen molar-refractivity contribution < 1.29 is 31.5 Å². The number of imide groups is 1. The van der Waals surface area contributed by atoms with Crippen molar-refractivity contribution in [2.45, 2.75) is 43.0 Å². The van der Waals surface area contributed by atoms with E-state index in [1.807, 2.05) is 5.32 Å². The lowest BCUT2D eigenvalue weighted by Crippen LogP contribution is -2.45. The third kappa shape index (κ3) is 4.83. The van der Waals surface area contributed by atoms with Gasteiger partial charge in [-0.2, -0.15) is 0 Å². The maximum absolute atomic E-state index is 13.5. The summed E-state index contributed by atoms with van der Waals surface area (Å²) in [6, 6.07) is -0.806. The molecule has 25 heavy (non-hydrogen) atoms. The van der Waals surface area contributed by atoms with Gasteiger partial charge in [-0.1, -0.05) is 19.3 Å². The quantitative estimate of drug-likeness (QED) is 0.362. The second-order valence-corrected chi connectivity index (χ2v) is 6.53. The Labute approximate surface area is 144 Å². The lowest BCUT2D eigenvalue weighted by molar-refractivity contribution is -0.117. The van der Waals surface area contributed by atoms with Gasteiger partial charge in [-0.3, -0.25) is 10.1 Å². The molecular formula is C15H15F5N2O2S. The summed E-state index contributed by atoms with van der Waals surface area (Å²) in [6.45, 7) is 0. The number of rotatable bonds is 4. The van der Waals surface area contributed by atoms with E-state index in [1.165, 1.54) is 0 Å². The normalized spacial score (nSPS) is 15.1. The Morgan fingerprint density at radius 1 is 0.880 bits per heavy atom. The molecule has 1 aliphatic carbocycles. The van der Waals surface area contributed by atoms with E-state index >= 15 is 0 Å². The van der Waals surface area contributed by atoms with E-state index in [1.54, 1.807) is 0 Å². The largest absolute Gasteiger partial charge is 0.335 e. The van der Waals surface area contributed by atoms with Crippen LogP contribution in [0.3, 0.4) is 0 Å². The Kier molecular flexibility index (Phi) is 6.63. The Balaban J connectivity index is 1.91. The number of nitrogens with one attached hydrogen (secondary N) is 2. The zero-order valence-electron chi connectivity index (χ0n) is 12.9. The molecule has 0 bridgehead atoms. The molecular weight excluding hydrogens is 367 g/mol. The van der Waals surface area contributed by atoms with Crippen molar-refractivity contribution in [2.75, 3.05) is 5.75 Å². The van der Waals surface area contributed by atoms with Crippen molar-refractivity contribution in [1.82, 2.24) is 10.6 Å². The van der Waals surface area contributed by atoms with Gasteiger partial charge in [0.1, 0.15) is 0 Å². The minimum Gasteiger partial charge on any atom is -0.335 e. The second-order valence-electron chi connectivity index (χ2n) is 5.54. The molecule has 0 aromatic heterocycles. The Morgan fingerprint density at radius 3 is 1.96 bits per heavy atom. The lowest BCUT2D eigenvalue weighted by atomic mass is 9.96. The van der Waals surface area contributed by atoms with E-state index < -0.39 is 51.7 Å². The van der Waals surface area contributed by atoms with Crippen molar-refractivity contribution >= 4 is 23.7 Å². The first-order chi connectivity index (χ1) is 11.8. The number of carbonyl (C=O) groups is 2. The first-order valence-electron chi connectivity index (χ1n) is 7.55. The fourth-order valence-electron chi connectivity index (χ4n) is 2.48. The van der Waals surface area contributed by atoms with Crippen molar-refractivity contribution in [3.63, 3.8) is 0 Å². The molecule has 1 aliphatic rings. The van der Waals surface area contributed by atoms with Crippen LogP contribution in [0.1, 0.15) is 32.1 Å². The van der Waals surface area contributed by atoms with Gasteiger partial charge < -0.3 is 5.32 Å². The monoisotopic (exact) mass is 382 g/mol. The molecule has 0 aliphatic heterocycles. The van der Waals surface area contributed by atoms with Crippen LogP contribution in [0.5, 0.6) is 0 Å². The van der Waals surface area contributed by atoms with Gasteiger partial charge in [-0.05, 0) is 12.8 Å². The van der Waals surface area contributed by atoms with Crippen LogP contribution in [0.4, 0.5) is 26.7 Å². The van der Waals surface area contributed by atoms with E-state index in [4.69, 9.17) is 0 Å². The summed E-state index contributed by atoms with van der Waals surface area (Å²) in [7, 11) is 0. The molecule has 2 N–H and O–H groups in total. The maximum Gasteiger partial charge on any atom is 0.321 e. The SMILES string of the molecule is O=C(CSc1c(F)c(F)c(F)c(F)c1F)NC(=O)NC1CCCCC1. The molecule has 1 saturated carbocycles. The van der Waals surface area contributed by atoms with E-state index in [2.05, 4.69) is 5.32 Å². The van der Waals surface area contributed by atoms with E-state index in [0.717, 1.165) is 32.1 Å². The standard InChI is InChI=1S/C15H15F5N2O2S/c16-9-10(17)12(19)14(13(20)11(9)18)25-6-8(23)22-15(24)21-7-4-2-1-3-5-7/h7H,1-6H2,(H2,21,22,23,24). The molecule has 10 heteroatoms. The number of benzene rings is 1. The van der Waals surface area contributed by atoms with Crippen LogP contribution in [0, 0.1) is 29.1 Å². The fraction of sp³-hybridized carbons (Fsp3) is 0.467. The van der Waals surface area contributed by atoms with Gasteiger partial charge in [0, 0.05) is 6.04 Å². The number of thioether (sulfide) groups is 1. The predicted molar refractivity (Wildman–Crippen MR) is 80.5 cm³/mol.